The van der Waals surface area contributed by atoms with Crippen LogP contribution in [0, 0.1) is 0 Å². The number of benzene rings is 2. The lowest BCUT2D eigenvalue weighted by Gasteiger charge is -2.31. The summed E-state index contributed by atoms with van der Waals surface area (Å²) < 4.78 is 37.3. The molecule has 0 saturated heterocycles. The summed E-state index contributed by atoms with van der Waals surface area (Å²) >= 11 is 12.1. The Morgan fingerprint density at radius 3 is 2.35 bits per heavy atom. The minimum absolute atomic E-state index is 0.0169. The van der Waals surface area contributed by atoms with Crippen molar-refractivity contribution in [2.75, 3.05) is 37.4 Å². The van der Waals surface area contributed by atoms with E-state index in [-0.39, 0.29) is 12.2 Å². The third-order valence-corrected chi connectivity index (χ3v) is 7.12. The van der Waals surface area contributed by atoms with E-state index in [1.54, 1.807) is 31.2 Å². The van der Waals surface area contributed by atoms with Crippen LogP contribution in [0.1, 0.15) is 12.5 Å². The van der Waals surface area contributed by atoms with Crippen LogP contribution < -0.4 is 19.1 Å². The number of nitrogens with one attached hydrogen (secondary N) is 1. The van der Waals surface area contributed by atoms with Gasteiger partial charge in [-0.25, -0.2) is 8.42 Å². The molecule has 9 nitrogen and oxygen atoms in total. The number of anilines is 1. The summed E-state index contributed by atoms with van der Waals surface area (Å²) in [6.07, 6.45) is 1.00. The van der Waals surface area contributed by atoms with Crippen LogP contribution in [0.15, 0.2) is 36.4 Å². The molecule has 0 aromatic heterocycles. The lowest BCUT2D eigenvalue weighted by atomic mass is 10.1. The number of sulfonamides is 1. The van der Waals surface area contributed by atoms with E-state index in [1.807, 2.05) is 0 Å². The van der Waals surface area contributed by atoms with Gasteiger partial charge in [-0.15, -0.1) is 0 Å². The minimum atomic E-state index is -3.86. The number of nitrogens with zero attached hydrogens (tertiary/aromatic N) is 2. The molecule has 1 aliphatic rings. The van der Waals surface area contributed by atoms with Crippen molar-refractivity contribution in [2.24, 2.45) is 0 Å². The molecule has 0 bridgehead atoms. The number of carbonyl (C=O) groups excluding carboxylic acids is 2. The number of rotatable bonds is 8. The van der Waals surface area contributed by atoms with Crippen molar-refractivity contribution in [3.63, 3.8) is 0 Å². The molecular formula is C22H25Cl2N3O6S. The van der Waals surface area contributed by atoms with Crippen molar-refractivity contribution in [1.29, 1.82) is 0 Å². The van der Waals surface area contributed by atoms with Gasteiger partial charge in [-0.05, 0) is 36.8 Å². The SMILES string of the molecule is CNC(=O)[C@H](C)N(Cc1ccc(Cl)c(Cl)c1)C(=O)CN(c1ccc2c(c1)OCCO2)S(C)(=O)=O. The number of amides is 2. The normalized spacial score (nSPS) is 13.7. The Morgan fingerprint density at radius 1 is 1.06 bits per heavy atom. The van der Waals surface area contributed by atoms with Crippen LogP contribution in [0.2, 0.25) is 10.0 Å². The number of ether oxygens (including phenoxy) is 2. The maximum absolute atomic E-state index is 13.4. The highest BCUT2D eigenvalue weighted by atomic mass is 35.5. The van der Waals surface area contributed by atoms with Crippen LogP contribution in [0.5, 0.6) is 11.5 Å². The molecule has 1 atom stereocenters. The summed E-state index contributed by atoms with van der Waals surface area (Å²) in [4.78, 5) is 27.1. The van der Waals surface area contributed by atoms with Crippen LogP contribution in [0.25, 0.3) is 0 Å². The van der Waals surface area contributed by atoms with Crippen LogP contribution in [0.3, 0.4) is 0 Å². The fraction of sp³-hybridized carbons (Fsp3) is 0.364. The first-order valence-electron chi connectivity index (χ1n) is 10.3. The molecule has 2 amide bonds. The minimum Gasteiger partial charge on any atom is -0.486 e. The summed E-state index contributed by atoms with van der Waals surface area (Å²) in [6, 6.07) is 8.61. The number of hydrogen-bond donors (Lipinski definition) is 1. The molecule has 2 aromatic rings. The highest BCUT2D eigenvalue weighted by molar-refractivity contribution is 7.92. The number of halogens is 2. The maximum atomic E-state index is 13.4. The smallest absolute Gasteiger partial charge is 0.244 e. The van der Waals surface area contributed by atoms with Crippen LogP contribution in [0.4, 0.5) is 5.69 Å². The predicted octanol–water partition coefficient (Wildman–Crippen LogP) is 2.69. The first kappa shape index (κ1) is 25.9. The highest BCUT2D eigenvalue weighted by Crippen LogP contribution is 2.34. The second kappa shape index (κ2) is 10.7. The van der Waals surface area contributed by atoms with Gasteiger partial charge in [0.2, 0.25) is 21.8 Å². The maximum Gasteiger partial charge on any atom is 0.244 e. The Hall–Kier alpha value is -2.69. The molecule has 3 rings (SSSR count). The van der Waals surface area contributed by atoms with E-state index in [0.717, 1.165) is 10.6 Å². The summed E-state index contributed by atoms with van der Waals surface area (Å²) in [5.74, 6) is -0.110. The topological polar surface area (TPSA) is 105 Å². The molecule has 0 unspecified atom stereocenters. The quantitative estimate of drug-likeness (QED) is 0.563. The monoisotopic (exact) mass is 529 g/mol. The summed E-state index contributed by atoms with van der Waals surface area (Å²) in [6.45, 7) is 1.77. The highest BCUT2D eigenvalue weighted by Gasteiger charge is 2.30. The molecule has 1 N–H and O–H groups in total. The van der Waals surface area contributed by atoms with Crippen molar-refractivity contribution in [3.8, 4) is 11.5 Å². The third-order valence-electron chi connectivity index (χ3n) is 5.24. The Kier molecular flexibility index (Phi) is 8.17. The Morgan fingerprint density at radius 2 is 1.74 bits per heavy atom. The Bertz CT molecular complexity index is 1190. The number of fused-ring (bicyclic) bond motifs is 1. The third kappa shape index (κ3) is 6.05. The summed E-state index contributed by atoms with van der Waals surface area (Å²) in [5.41, 5.74) is 0.867. The Balaban J connectivity index is 1.92. The Labute approximate surface area is 208 Å². The van der Waals surface area contributed by atoms with E-state index in [9.17, 15) is 18.0 Å². The lowest BCUT2D eigenvalue weighted by Crippen LogP contribution is -2.50. The average molecular weight is 530 g/mol. The second-order valence-corrected chi connectivity index (χ2v) is 10.4. The fourth-order valence-electron chi connectivity index (χ4n) is 3.43. The van der Waals surface area contributed by atoms with Crippen LogP contribution >= 0.6 is 23.2 Å². The summed E-state index contributed by atoms with van der Waals surface area (Å²) in [7, 11) is -2.40. The van der Waals surface area contributed by atoms with Gasteiger partial charge in [0.1, 0.15) is 25.8 Å². The molecule has 2 aromatic carbocycles. The zero-order valence-electron chi connectivity index (χ0n) is 18.9. The van der Waals surface area contributed by atoms with Gasteiger partial charge < -0.3 is 19.7 Å². The largest absolute Gasteiger partial charge is 0.486 e. The molecule has 0 spiro atoms. The molecule has 1 heterocycles. The molecule has 34 heavy (non-hydrogen) atoms. The summed E-state index contributed by atoms with van der Waals surface area (Å²) in [5, 5.41) is 3.16. The number of hydrogen-bond acceptors (Lipinski definition) is 6. The van der Waals surface area contributed by atoms with Crippen molar-refractivity contribution in [1.82, 2.24) is 10.2 Å². The first-order valence-corrected chi connectivity index (χ1v) is 12.9. The molecule has 0 aliphatic carbocycles. The molecule has 1 aliphatic heterocycles. The van der Waals surface area contributed by atoms with E-state index >= 15 is 0 Å². The van der Waals surface area contributed by atoms with Crippen molar-refractivity contribution in [2.45, 2.75) is 19.5 Å². The van der Waals surface area contributed by atoms with E-state index in [4.69, 9.17) is 32.7 Å². The second-order valence-electron chi connectivity index (χ2n) is 7.66. The molecule has 12 heteroatoms. The number of likely N-dealkylation sites (N-methyl/N-ethyl adjacent to an activating group) is 1. The molecule has 0 radical (unpaired) electrons. The van der Waals surface area contributed by atoms with E-state index in [2.05, 4.69) is 5.32 Å². The molecule has 184 valence electrons. The molecule has 0 saturated carbocycles. The first-order chi connectivity index (χ1) is 16.0. The van der Waals surface area contributed by atoms with Gasteiger partial charge in [0.25, 0.3) is 0 Å². The molecule has 0 fully saturated rings. The standard InChI is InChI=1S/C22H25Cl2N3O6S/c1-14(22(29)25-2)26(12-15-4-6-17(23)18(24)10-15)21(28)13-27(34(3,30)31)16-5-7-19-20(11-16)33-9-8-32-19/h4-7,10-11,14H,8-9,12-13H2,1-3H3,(H,25,29)/t14-/m0/s1. The van der Waals surface area contributed by atoms with Crippen molar-refractivity contribution < 1.29 is 27.5 Å². The van der Waals surface area contributed by atoms with Gasteiger partial charge in [-0.1, -0.05) is 29.3 Å². The van der Waals surface area contributed by atoms with Gasteiger partial charge in [0.15, 0.2) is 11.5 Å². The van der Waals surface area contributed by atoms with E-state index in [0.29, 0.717) is 40.3 Å². The predicted molar refractivity (Wildman–Crippen MR) is 130 cm³/mol. The zero-order valence-corrected chi connectivity index (χ0v) is 21.2. The van der Waals surface area contributed by atoms with Gasteiger partial charge in [-0.3, -0.25) is 13.9 Å². The van der Waals surface area contributed by atoms with Gasteiger partial charge in [-0.2, -0.15) is 0 Å². The van der Waals surface area contributed by atoms with Crippen LogP contribution in [-0.2, 0) is 26.2 Å². The zero-order chi connectivity index (χ0) is 25.0. The average Bonchev–Trinajstić information content (AvgIpc) is 2.81. The van der Waals surface area contributed by atoms with E-state index < -0.39 is 34.4 Å². The van der Waals surface area contributed by atoms with E-state index in [1.165, 1.54) is 24.1 Å². The molecular weight excluding hydrogens is 505 g/mol. The van der Waals surface area contributed by atoms with Gasteiger partial charge in [0.05, 0.1) is 22.0 Å². The number of carbonyl (C=O) groups is 2. The van der Waals surface area contributed by atoms with Crippen LogP contribution in [-0.4, -0.2) is 64.2 Å². The van der Waals surface area contributed by atoms with Gasteiger partial charge >= 0.3 is 0 Å². The van der Waals surface area contributed by atoms with Crippen molar-refractivity contribution >= 4 is 50.7 Å². The lowest BCUT2D eigenvalue weighted by molar-refractivity contribution is -0.139. The van der Waals surface area contributed by atoms with Gasteiger partial charge in [0, 0.05) is 19.7 Å². The fourth-order valence-corrected chi connectivity index (χ4v) is 4.59. The van der Waals surface area contributed by atoms with Crippen molar-refractivity contribution in [3.05, 3.63) is 52.0 Å².